The van der Waals surface area contributed by atoms with Crippen LogP contribution in [0.1, 0.15) is 18.9 Å². The molecule has 1 heterocycles. The number of nitrogens with zero attached hydrogens (tertiary/aromatic N) is 1. The number of hydrogen-bond acceptors (Lipinski definition) is 3. The van der Waals surface area contributed by atoms with Crippen LogP contribution in [-0.2, 0) is 16.0 Å². The van der Waals surface area contributed by atoms with Gasteiger partial charge in [-0.1, -0.05) is 31.0 Å². The summed E-state index contributed by atoms with van der Waals surface area (Å²) in [6.45, 7) is 2.12. The molecule has 4 nitrogen and oxygen atoms in total. The highest BCUT2D eigenvalue weighted by atomic mass is 35.5. The second-order valence-electron chi connectivity index (χ2n) is 5.46. The van der Waals surface area contributed by atoms with E-state index in [1.807, 2.05) is 18.2 Å². The van der Waals surface area contributed by atoms with Gasteiger partial charge in [0.1, 0.15) is 11.5 Å². The zero-order valence-electron chi connectivity index (χ0n) is 13.2. The van der Waals surface area contributed by atoms with Crippen LogP contribution in [0, 0.1) is 0 Å². The molecule has 0 aliphatic carbocycles. The van der Waals surface area contributed by atoms with Crippen LogP contribution < -0.4 is 9.64 Å². The maximum atomic E-state index is 11.7. The maximum Gasteiger partial charge on any atom is 0.258 e. The molecule has 122 valence electrons. The highest BCUT2D eigenvalue weighted by Gasteiger charge is 2.24. The van der Waals surface area contributed by atoms with Gasteiger partial charge in [-0.2, -0.15) is 0 Å². The monoisotopic (exact) mass is 341 g/mol. The Morgan fingerprint density at radius 1 is 1.00 bits per heavy atom. The minimum absolute atomic E-state index is 0.344. The molecule has 24 heavy (non-hydrogen) atoms. The van der Waals surface area contributed by atoms with Crippen molar-refractivity contribution in [2.24, 2.45) is 0 Å². The van der Waals surface area contributed by atoms with Crippen molar-refractivity contribution < 1.29 is 14.3 Å². The molecule has 3 rings (SSSR count). The number of imide groups is 1. The van der Waals surface area contributed by atoms with Crippen molar-refractivity contribution in [3.05, 3.63) is 65.2 Å². The molecule has 0 saturated carbocycles. The van der Waals surface area contributed by atoms with Crippen molar-refractivity contribution in [3.63, 3.8) is 0 Å². The predicted molar refractivity (Wildman–Crippen MR) is 93.6 cm³/mol. The third-order valence-corrected chi connectivity index (χ3v) is 3.96. The molecule has 0 aromatic heterocycles. The van der Waals surface area contributed by atoms with E-state index in [2.05, 4.69) is 6.92 Å². The minimum atomic E-state index is -0.344. The molecule has 0 N–H and O–H groups in total. The van der Waals surface area contributed by atoms with Crippen LogP contribution in [0.3, 0.4) is 0 Å². The summed E-state index contributed by atoms with van der Waals surface area (Å²) in [5.74, 6) is 0.460. The lowest BCUT2D eigenvalue weighted by Gasteiger charge is -2.14. The van der Waals surface area contributed by atoms with E-state index in [-0.39, 0.29) is 11.8 Å². The van der Waals surface area contributed by atoms with Gasteiger partial charge in [0, 0.05) is 12.2 Å². The Bertz CT molecular complexity index is 794. The predicted octanol–water partition coefficient (Wildman–Crippen LogP) is 4.51. The van der Waals surface area contributed by atoms with Gasteiger partial charge in [0.05, 0.1) is 10.7 Å². The van der Waals surface area contributed by atoms with E-state index in [9.17, 15) is 9.59 Å². The SMILES string of the molecule is CCCc1ccc(Oc2ccc(N3C(=O)C=CC3=O)cc2)c(Cl)c1. The quantitative estimate of drug-likeness (QED) is 0.751. The topological polar surface area (TPSA) is 46.6 Å². The Balaban J connectivity index is 1.75. The Morgan fingerprint density at radius 3 is 2.25 bits per heavy atom. The van der Waals surface area contributed by atoms with Gasteiger partial charge in [-0.15, -0.1) is 0 Å². The van der Waals surface area contributed by atoms with Crippen molar-refractivity contribution in [3.8, 4) is 11.5 Å². The molecule has 2 aromatic carbocycles. The van der Waals surface area contributed by atoms with E-state index in [0.29, 0.717) is 22.2 Å². The number of ether oxygens (including phenoxy) is 1. The normalized spacial score (nSPS) is 13.7. The number of anilines is 1. The second-order valence-corrected chi connectivity index (χ2v) is 5.86. The van der Waals surface area contributed by atoms with E-state index in [1.54, 1.807) is 24.3 Å². The van der Waals surface area contributed by atoms with Crippen molar-refractivity contribution in [1.82, 2.24) is 0 Å². The molecular weight excluding hydrogens is 326 g/mol. The van der Waals surface area contributed by atoms with Gasteiger partial charge in [-0.3, -0.25) is 9.59 Å². The van der Waals surface area contributed by atoms with Gasteiger partial charge < -0.3 is 4.74 Å². The summed E-state index contributed by atoms with van der Waals surface area (Å²) in [5.41, 5.74) is 1.68. The number of carbonyl (C=O) groups excluding carboxylic acids is 2. The van der Waals surface area contributed by atoms with Crippen molar-refractivity contribution in [2.45, 2.75) is 19.8 Å². The molecule has 2 amide bonds. The minimum Gasteiger partial charge on any atom is -0.456 e. The standard InChI is InChI=1S/C19H16ClNO3/c1-2-3-13-4-9-17(16(20)12-13)24-15-7-5-14(6-8-15)21-18(22)10-11-19(21)23/h4-12H,2-3H2,1H3. The summed E-state index contributed by atoms with van der Waals surface area (Å²) in [4.78, 5) is 24.4. The molecule has 0 bridgehead atoms. The maximum absolute atomic E-state index is 11.7. The van der Waals surface area contributed by atoms with E-state index >= 15 is 0 Å². The molecule has 5 heteroatoms. The van der Waals surface area contributed by atoms with Crippen LogP contribution in [0.4, 0.5) is 5.69 Å². The van der Waals surface area contributed by atoms with Crippen LogP contribution in [0.5, 0.6) is 11.5 Å². The molecule has 0 radical (unpaired) electrons. The summed E-state index contributed by atoms with van der Waals surface area (Å²) in [7, 11) is 0. The third-order valence-electron chi connectivity index (χ3n) is 3.67. The van der Waals surface area contributed by atoms with Gasteiger partial charge in [0.15, 0.2) is 0 Å². The first kappa shape index (κ1) is 16.3. The van der Waals surface area contributed by atoms with Gasteiger partial charge in [0.2, 0.25) is 0 Å². The molecule has 0 fully saturated rings. The molecule has 1 aliphatic heterocycles. The van der Waals surface area contributed by atoms with Crippen molar-refractivity contribution >= 4 is 29.1 Å². The van der Waals surface area contributed by atoms with Gasteiger partial charge >= 0.3 is 0 Å². The zero-order valence-corrected chi connectivity index (χ0v) is 13.9. The van der Waals surface area contributed by atoms with E-state index in [4.69, 9.17) is 16.3 Å². The third kappa shape index (κ3) is 3.34. The smallest absolute Gasteiger partial charge is 0.258 e. The Hall–Kier alpha value is -2.59. The molecule has 2 aromatic rings. The zero-order chi connectivity index (χ0) is 17.1. The number of benzene rings is 2. The first-order chi connectivity index (χ1) is 11.6. The van der Waals surface area contributed by atoms with E-state index in [0.717, 1.165) is 17.7 Å². The highest BCUT2D eigenvalue weighted by Crippen LogP contribution is 2.31. The van der Waals surface area contributed by atoms with Crippen LogP contribution in [-0.4, -0.2) is 11.8 Å². The molecule has 0 unspecified atom stereocenters. The fourth-order valence-electron chi connectivity index (χ4n) is 2.52. The molecule has 1 aliphatic rings. The average molecular weight is 342 g/mol. The second kappa shape index (κ2) is 6.89. The molecule has 0 saturated heterocycles. The first-order valence-electron chi connectivity index (χ1n) is 7.71. The fraction of sp³-hybridized carbons (Fsp3) is 0.158. The van der Waals surface area contributed by atoms with Gasteiger partial charge in [-0.25, -0.2) is 4.90 Å². The van der Waals surface area contributed by atoms with Crippen molar-refractivity contribution in [1.29, 1.82) is 0 Å². The molecular formula is C19H16ClNO3. The average Bonchev–Trinajstić information content (AvgIpc) is 2.90. The van der Waals surface area contributed by atoms with Gasteiger partial charge in [0.25, 0.3) is 11.8 Å². The fourth-order valence-corrected chi connectivity index (χ4v) is 2.76. The number of hydrogen-bond donors (Lipinski definition) is 0. The summed E-state index contributed by atoms with van der Waals surface area (Å²) in [6, 6.07) is 12.5. The summed E-state index contributed by atoms with van der Waals surface area (Å²) < 4.78 is 5.78. The Labute approximate surface area is 145 Å². The van der Waals surface area contributed by atoms with Gasteiger partial charge in [-0.05, 0) is 48.4 Å². The number of aryl methyl sites for hydroxylation is 1. The summed E-state index contributed by atoms with van der Waals surface area (Å²) in [6.07, 6.45) is 4.54. The van der Waals surface area contributed by atoms with Crippen molar-refractivity contribution in [2.75, 3.05) is 4.90 Å². The number of carbonyl (C=O) groups is 2. The lowest BCUT2D eigenvalue weighted by Crippen LogP contribution is -2.29. The van der Waals surface area contributed by atoms with Crippen LogP contribution in [0.2, 0.25) is 5.02 Å². The van der Waals surface area contributed by atoms with E-state index in [1.165, 1.54) is 17.7 Å². The molecule has 0 spiro atoms. The number of rotatable bonds is 5. The van der Waals surface area contributed by atoms with Crippen LogP contribution in [0.15, 0.2) is 54.6 Å². The first-order valence-corrected chi connectivity index (χ1v) is 8.09. The van der Waals surface area contributed by atoms with Crippen LogP contribution >= 0.6 is 11.6 Å². The Kier molecular flexibility index (Phi) is 4.67. The lowest BCUT2D eigenvalue weighted by molar-refractivity contribution is -0.119. The summed E-state index contributed by atoms with van der Waals surface area (Å²) in [5, 5.41) is 0.555. The molecule has 0 atom stereocenters. The van der Waals surface area contributed by atoms with E-state index < -0.39 is 0 Å². The number of amides is 2. The highest BCUT2D eigenvalue weighted by molar-refractivity contribution is 6.32. The van der Waals surface area contributed by atoms with Crippen LogP contribution in [0.25, 0.3) is 0 Å². The summed E-state index contributed by atoms with van der Waals surface area (Å²) >= 11 is 6.26. The number of halogens is 1. The lowest BCUT2D eigenvalue weighted by atomic mass is 10.1. The largest absolute Gasteiger partial charge is 0.456 e. The Morgan fingerprint density at radius 2 is 1.67 bits per heavy atom.